The highest BCUT2D eigenvalue weighted by atomic mass is 16.3. The molecule has 1 heterocycles. The van der Waals surface area contributed by atoms with Crippen LogP contribution in [0, 0.1) is 0 Å². The average molecular weight is 233 g/mol. The quantitative estimate of drug-likeness (QED) is 0.848. The Kier molecular flexibility index (Phi) is 3.55. The van der Waals surface area contributed by atoms with E-state index in [9.17, 15) is 5.11 Å². The molecule has 2 nitrogen and oxygen atoms in total. The third-order valence-electron chi connectivity index (χ3n) is 3.47. The molecule has 0 saturated carbocycles. The Bertz CT molecular complexity index is 364. The smallest absolute Gasteiger partial charge is 0.0679 e. The lowest BCUT2D eigenvalue weighted by Gasteiger charge is -2.20. The van der Waals surface area contributed by atoms with Gasteiger partial charge in [0.2, 0.25) is 0 Å². The minimum Gasteiger partial charge on any atom is -0.392 e. The van der Waals surface area contributed by atoms with E-state index in [0.29, 0.717) is 0 Å². The highest BCUT2D eigenvalue weighted by Gasteiger charge is 2.20. The minimum atomic E-state index is -0.121. The van der Waals surface area contributed by atoms with Crippen molar-refractivity contribution in [2.75, 3.05) is 13.1 Å². The summed E-state index contributed by atoms with van der Waals surface area (Å²) in [6.07, 6.45) is 0.795. The van der Waals surface area contributed by atoms with Gasteiger partial charge < -0.3 is 5.11 Å². The van der Waals surface area contributed by atoms with Crippen molar-refractivity contribution >= 4 is 0 Å². The van der Waals surface area contributed by atoms with E-state index in [1.165, 1.54) is 11.1 Å². The molecule has 0 amide bonds. The molecule has 1 unspecified atom stereocenters. The largest absolute Gasteiger partial charge is 0.392 e. The highest BCUT2D eigenvalue weighted by molar-refractivity contribution is 5.27. The summed E-state index contributed by atoms with van der Waals surface area (Å²) in [5.41, 5.74) is 2.94. The minimum absolute atomic E-state index is 0.121. The van der Waals surface area contributed by atoms with Gasteiger partial charge in [-0.3, -0.25) is 4.90 Å². The third kappa shape index (κ3) is 3.30. The van der Waals surface area contributed by atoms with Gasteiger partial charge in [-0.05, 0) is 23.0 Å². The van der Waals surface area contributed by atoms with Crippen molar-refractivity contribution in [1.29, 1.82) is 0 Å². The topological polar surface area (TPSA) is 23.5 Å². The van der Waals surface area contributed by atoms with Gasteiger partial charge in [0, 0.05) is 19.6 Å². The van der Waals surface area contributed by atoms with Crippen LogP contribution >= 0.6 is 0 Å². The standard InChI is InChI=1S/C15H23NO/c1-15(2,3)13-6-4-12(5-7-13)10-16-9-8-14(17)11-16/h4-7,14,17H,8-11H2,1-3H3. The lowest BCUT2D eigenvalue weighted by Crippen LogP contribution is -2.21. The number of nitrogens with zero attached hydrogens (tertiary/aromatic N) is 1. The normalized spacial score (nSPS) is 22.0. The van der Waals surface area contributed by atoms with E-state index >= 15 is 0 Å². The summed E-state index contributed by atoms with van der Waals surface area (Å²) in [6.45, 7) is 9.50. The first kappa shape index (κ1) is 12.6. The number of aliphatic hydroxyl groups excluding tert-OH is 1. The molecule has 0 spiro atoms. The van der Waals surface area contributed by atoms with E-state index in [0.717, 1.165) is 26.1 Å². The Balaban J connectivity index is 1.99. The second-order valence-corrected chi connectivity index (χ2v) is 6.12. The molecule has 0 radical (unpaired) electrons. The summed E-state index contributed by atoms with van der Waals surface area (Å²) < 4.78 is 0. The molecular weight excluding hydrogens is 210 g/mol. The van der Waals surface area contributed by atoms with E-state index in [-0.39, 0.29) is 11.5 Å². The molecule has 2 rings (SSSR count). The molecule has 1 atom stereocenters. The molecule has 1 aliphatic heterocycles. The third-order valence-corrected chi connectivity index (χ3v) is 3.47. The fourth-order valence-corrected chi connectivity index (χ4v) is 2.32. The van der Waals surface area contributed by atoms with E-state index in [2.05, 4.69) is 49.9 Å². The van der Waals surface area contributed by atoms with Gasteiger partial charge in [0.15, 0.2) is 0 Å². The number of likely N-dealkylation sites (tertiary alicyclic amines) is 1. The van der Waals surface area contributed by atoms with Crippen molar-refractivity contribution in [2.45, 2.75) is 45.3 Å². The highest BCUT2D eigenvalue weighted by Crippen LogP contribution is 2.23. The van der Waals surface area contributed by atoms with Crippen molar-refractivity contribution in [3.8, 4) is 0 Å². The molecule has 0 bridgehead atoms. The van der Waals surface area contributed by atoms with Crippen LogP contribution in [0.3, 0.4) is 0 Å². The van der Waals surface area contributed by atoms with Crippen molar-refractivity contribution in [3.05, 3.63) is 35.4 Å². The summed E-state index contributed by atoms with van der Waals surface area (Å²) in [6, 6.07) is 8.88. The summed E-state index contributed by atoms with van der Waals surface area (Å²) in [5.74, 6) is 0. The predicted molar refractivity (Wildman–Crippen MR) is 71.0 cm³/mol. The molecule has 1 aliphatic rings. The molecule has 94 valence electrons. The van der Waals surface area contributed by atoms with Crippen LogP contribution in [-0.4, -0.2) is 29.2 Å². The Morgan fingerprint density at radius 2 is 1.88 bits per heavy atom. The number of β-amino-alcohol motifs (C(OH)–C–C–N with tert-alkyl or cyclic N) is 1. The first-order valence-electron chi connectivity index (χ1n) is 6.45. The van der Waals surface area contributed by atoms with Gasteiger partial charge in [-0.25, -0.2) is 0 Å². The molecule has 1 aromatic rings. The summed E-state index contributed by atoms with van der Waals surface area (Å²) in [5, 5.41) is 9.49. The van der Waals surface area contributed by atoms with Crippen LogP contribution in [0.2, 0.25) is 0 Å². The maximum atomic E-state index is 9.49. The van der Waals surface area contributed by atoms with Gasteiger partial charge in [0.25, 0.3) is 0 Å². The molecule has 1 saturated heterocycles. The number of rotatable bonds is 2. The van der Waals surface area contributed by atoms with E-state index in [1.807, 2.05) is 0 Å². The van der Waals surface area contributed by atoms with Crippen molar-refractivity contribution < 1.29 is 5.11 Å². The van der Waals surface area contributed by atoms with Gasteiger partial charge in [-0.15, -0.1) is 0 Å². The molecule has 17 heavy (non-hydrogen) atoms. The first-order valence-corrected chi connectivity index (χ1v) is 6.45. The maximum Gasteiger partial charge on any atom is 0.0679 e. The first-order chi connectivity index (χ1) is 7.95. The zero-order chi connectivity index (χ0) is 12.5. The number of benzene rings is 1. The van der Waals surface area contributed by atoms with Gasteiger partial charge in [-0.2, -0.15) is 0 Å². The zero-order valence-electron chi connectivity index (χ0n) is 11.1. The van der Waals surface area contributed by atoms with Crippen molar-refractivity contribution in [2.24, 2.45) is 0 Å². The Hall–Kier alpha value is -0.860. The van der Waals surface area contributed by atoms with Crippen LogP contribution in [-0.2, 0) is 12.0 Å². The number of aliphatic hydroxyl groups is 1. The monoisotopic (exact) mass is 233 g/mol. The van der Waals surface area contributed by atoms with Crippen molar-refractivity contribution in [1.82, 2.24) is 4.90 Å². The molecule has 1 fully saturated rings. The number of hydrogen-bond acceptors (Lipinski definition) is 2. The average Bonchev–Trinajstić information content (AvgIpc) is 2.63. The Morgan fingerprint density at radius 3 is 2.35 bits per heavy atom. The fraction of sp³-hybridized carbons (Fsp3) is 0.600. The van der Waals surface area contributed by atoms with Crippen LogP contribution in [0.1, 0.15) is 38.3 Å². The lowest BCUT2D eigenvalue weighted by atomic mass is 9.87. The SMILES string of the molecule is CC(C)(C)c1ccc(CN2CCC(O)C2)cc1. The van der Waals surface area contributed by atoms with Crippen LogP contribution in [0.15, 0.2) is 24.3 Å². The maximum absolute atomic E-state index is 9.49. The van der Waals surface area contributed by atoms with Gasteiger partial charge in [0.05, 0.1) is 6.10 Å². The van der Waals surface area contributed by atoms with Gasteiger partial charge in [0.1, 0.15) is 0 Å². The molecule has 0 aromatic heterocycles. The molecule has 0 aliphatic carbocycles. The molecule has 2 heteroatoms. The van der Waals surface area contributed by atoms with Crippen LogP contribution < -0.4 is 0 Å². The second kappa shape index (κ2) is 4.79. The second-order valence-electron chi connectivity index (χ2n) is 6.12. The lowest BCUT2D eigenvalue weighted by molar-refractivity contribution is 0.175. The Morgan fingerprint density at radius 1 is 1.24 bits per heavy atom. The summed E-state index contributed by atoms with van der Waals surface area (Å²) >= 11 is 0. The van der Waals surface area contributed by atoms with Crippen LogP contribution in [0.25, 0.3) is 0 Å². The number of hydrogen-bond donors (Lipinski definition) is 1. The van der Waals surface area contributed by atoms with E-state index < -0.39 is 0 Å². The summed E-state index contributed by atoms with van der Waals surface area (Å²) in [7, 11) is 0. The molecule has 1 N–H and O–H groups in total. The van der Waals surface area contributed by atoms with Crippen molar-refractivity contribution in [3.63, 3.8) is 0 Å². The van der Waals surface area contributed by atoms with E-state index in [4.69, 9.17) is 0 Å². The van der Waals surface area contributed by atoms with Gasteiger partial charge in [-0.1, -0.05) is 45.0 Å². The fourth-order valence-electron chi connectivity index (χ4n) is 2.32. The zero-order valence-corrected chi connectivity index (χ0v) is 11.1. The van der Waals surface area contributed by atoms with Crippen LogP contribution in [0.5, 0.6) is 0 Å². The Labute approximate surface area is 104 Å². The molecular formula is C15H23NO. The summed E-state index contributed by atoms with van der Waals surface area (Å²) in [4.78, 5) is 2.32. The molecule has 1 aromatic carbocycles. The van der Waals surface area contributed by atoms with Crippen LogP contribution in [0.4, 0.5) is 0 Å². The predicted octanol–water partition coefficient (Wildman–Crippen LogP) is 2.55. The van der Waals surface area contributed by atoms with Gasteiger partial charge >= 0.3 is 0 Å². The van der Waals surface area contributed by atoms with E-state index in [1.54, 1.807) is 0 Å².